The molecule has 3 heterocycles. The fraction of sp³-hybridized carbons (Fsp3) is 0.316. The lowest BCUT2D eigenvalue weighted by molar-refractivity contribution is -0.141. The molecule has 0 aliphatic carbocycles. The number of alkyl halides is 3. The van der Waals surface area contributed by atoms with Crippen molar-refractivity contribution in [1.82, 2.24) is 14.8 Å². The average molecular weight is 371 g/mol. The van der Waals surface area contributed by atoms with Crippen LogP contribution < -0.4 is 4.90 Å². The molecule has 4 rings (SSSR count). The molecule has 27 heavy (non-hydrogen) atoms. The Morgan fingerprint density at radius 1 is 1.15 bits per heavy atom. The third kappa shape index (κ3) is 3.45. The maximum absolute atomic E-state index is 12.8. The fourth-order valence-electron chi connectivity index (χ4n) is 3.43. The lowest BCUT2D eigenvalue weighted by Gasteiger charge is -2.33. The van der Waals surface area contributed by atoms with Gasteiger partial charge in [-0.1, -0.05) is 0 Å². The van der Waals surface area contributed by atoms with Gasteiger partial charge in [0.1, 0.15) is 5.82 Å². The number of hydrogen-bond donors (Lipinski definition) is 0. The summed E-state index contributed by atoms with van der Waals surface area (Å²) < 4.78 is 39.8. The maximum Gasteiger partial charge on any atom is 0.435 e. The predicted octanol–water partition coefficient (Wildman–Crippen LogP) is 4.16. The molecule has 0 saturated carbocycles. The fourth-order valence-corrected chi connectivity index (χ4v) is 3.43. The van der Waals surface area contributed by atoms with E-state index < -0.39 is 11.9 Å². The van der Waals surface area contributed by atoms with Crippen LogP contribution >= 0.6 is 0 Å². The second-order valence-corrected chi connectivity index (χ2v) is 6.61. The Hall–Kier alpha value is -3.08. The molecule has 1 fully saturated rings. The van der Waals surface area contributed by atoms with Crippen molar-refractivity contribution >= 4 is 16.7 Å². The van der Waals surface area contributed by atoms with Crippen LogP contribution in [0.1, 0.15) is 30.1 Å². The number of anilines is 1. The highest BCUT2D eigenvalue weighted by molar-refractivity contribution is 5.81. The van der Waals surface area contributed by atoms with Crippen LogP contribution in [0.25, 0.3) is 10.9 Å². The van der Waals surface area contributed by atoms with Gasteiger partial charge in [0, 0.05) is 24.7 Å². The summed E-state index contributed by atoms with van der Waals surface area (Å²) in [4.78, 5) is 6.72. The molecular formula is C19H16F3N5. The Balaban J connectivity index is 1.57. The Labute approximate surface area is 153 Å². The third-order valence-electron chi connectivity index (χ3n) is 4.80. The summed E-state index contributed by atoms with van der Waals surface area (Å²) in [5, 5.41) is 13.6. The number of benzene rings is 1. The number of pyridine rings is 1. The Morgan fingerprint density at radius 2 is 2.00 bits per heavy atom. The summed E-state index contributed by atoms with van der Waals surface area (Å²) >= 11 is 0. The number of rotatable bonds is 2. The molecule has 1 aromatic carbocycles. The van der Waals surface area contributed by atoms with Crippen LogP contribution in [0.2, 0.25) is 0 Å². The van der Waals surface area contributed by atoms with E-state index in [4.69, 9.17) is 5.26 Å². The summed E-state index contributed by atoms with van der Waals surface area (Å²) in [7, 11) is 0. The summed E-state index contributed by atoms with van der Waals surface area (Å²) in [6, 6.07) is 12.1. The topological polar surface area (TPSA) is 57.7 Å². The van der Waals surface area contributed by atoms with Gasteiger partial charge in [-0.05, 0) is 49.2 Å². The normalized spacial score (nSPS) is 17.9. The zero-order valence-electron chi connectivity index (χ0n) is 14.3. The minimum Gasteiger partial charge on any atom is -0.354 e. The van der Waals surface area contributed by atoms with E-state index in [9.17, 15) is 13.2 Å². The Morgan fingerprint density at radius 3 is 2.74 bits per heavy atom. The molecule has 138 valence electrons. The van der Waals surface area contributed by atoms with Gasteiger partial charge in [-0.2, -0.15) is 23.5 Å². The predicted molar refractivity (Wildman–Crippen MR) is 94.2 cm³/mol. The first-order valence-electron chi connectivity index (χ1n) is 8.62. The summed E-state index contributed by atoms with van der Waals surface area (Å²) in [5.41, 5.74) is 0.498. The van der Waals surface area contributed by atoms with Gasteiger partial charge in [-0.25, -0.2) is 4.98 Å². The maximum atomic E-state index is 12.8. The van der Waals surface area contributed by atoms with Crippen LogP contribution in [0.15, 0.2) is 42.6 Å². The first-order chi connectivity index (χ1) is 12.9. The van der Waals surface area contributed by atoms with E-state index in [2.05, 4.69) is 21.1 Å². The van der Waals surface area contributed by atoms with Crippen molar-refractivity contribution in [3.63, 3.8) is 0 Å². The molecule has 1 saturated heterocycles. The number of fused-ring (bicyclic) bond motifs is 1. The van der Waals surface area contributed by atoms with Crippen molar-refractivity contribution < 1.29 is 13.2 Å². The van der Waals surface area contributed by atoms with Gasteiger partial charge in [0.15, 0.2) is 5.69 Å². The third-order valence-corrected chi connectivity index (χ3v) is 4.80. The van der Waals surface area contributed by atoms with Gasteiger partial charge < -0.3 is 4.90 Å². The monoisotopic (exact) mass is 371 g/mol. The van der Waals surface area contributed by atoms with E-state index in [1.807, 2.05) is 18.2 Å². The number of nitriles is 1. The molecule has 3 aromatic rings. The molecule has 0 N–H and O–H groups in total. The molecule has 0 amide bonds. The van der Waals surface area contributed by atoms with Crippen molar-refractivity contribution in [2.75, 3.05) is 18.0 Å². The largest absolute Gasteiger partial charge is 0.435 e. The highest BCUT2D eigenvalue weighted by Gasteiger charge is 2.34. The minimum atomic E-state index is -4.43. The smallest absolute Gasteiger partial charge is 0.354 e. The van der Waals surface area contributed by atoms with Crippen molar-refractivity contribution in [3.8, 4) is 6.07 Å². The highest BCUT2D eigenvalue weighted by Crippen LogP contribution is 2.30. The van der Waals surface area contributed by atoms with E-state index in [0.717, 1.165) is 42.2 Å². The lowest BCUT2D eigenvalue weighted by Crippen LogP contribution is -2.37. The van der Waals surface area contributed by atoms with Crippen molar-refractivity contribution in [2.24, 2.45) is 0 Å². The van der Waals surface area contributed by atoms with Crippen molar-refractivity contribution in [3.05, 3.63) is 53.9 Å². The molecule has 1 atom stereocenters. The minimum absolute atomic E-state index is 0.131. The number of aromatic nitrogens is 3. The van der Waals surface area contributed by atoms with E-state index in [-0.39, 0.29) is 6.04 Å². The lowest BCUT2D eigenvalue weighted by atomic mass is 10.1. The van der Waals surface area contributed by atoms with E-state index in [1.54, 1.807) is 12.1 Å². The van der Waals surface area contributed by atoms with Crippen LogP contribution in [0, 0.1) is 11.3 Å². The van der Waals surface area contributed by atoms with E-state index in [0.29, 0.717) is 12.1 Å². The zero-order valence-corrected chi connectivity index (χ0v) is 14.3. The Kier molecular flexibility index (Phi) is 4.22. The number of nitrogens with zero attached hydrogens (tertiary/aromatic N) is 5. The second-order valence-electron chi connectivity index (χ2n) is 6.61. The van der Waals surface area contributed by atoms with Gasteiger partial charge in [-0.15, -0.1) is 0 Å². The number of halogens is 3. The summed E-state index contributed by atoms with van der Waals surface area (Å²) in [6.07, 6.45) is -1.41. The SMILES string of the molecule is N#Cc1ccc2nc(N3CCCC(n4ccc(C(F)(F)F)n4)C3)ccc2c1. The van der Waals surface area contributed by atoms with Gasteiger partial charge in [0.2, 0.25) is 0 Å². The zero-order chi connectivity index (χ0) is 19.0. The van der Waals surface area contributed by atoms with Gasteiger partial charge in [0.25, 0.3) is 0 Å². The standard InChI is InChI=1S/C19H16F3N5/c20-19(21,22)17-7-9-27(25-17)15-2-1-8-26(12-15)18-6-4-14-10-13(11-23)3-5-16(14)24-18/h3-7,9-10,15H,1-2,8,12H2. The molecule has 0 spiro atoms. The first-order valence-corrected chi connectivity index (χ1v) is 8.62. The van der Waals surface area contributed by atoms with Crippen LogP contribution in [-0.4, -0.2) is 27.9 Å². The van der Waals surface area contributed by atoms with E-state index >= 15 is 0 Å². The Bertz CT molecular complexity index is 1020. The van der Waals surface area contributed by atoms with Crippen LogP contribution in [-0.2, 0) is 6.18 Å². The highest BCUT2D eigenvalue weighted by atomic mass is 19.4. The first kappa shape index (κ1) is 17.3. The molecule has 2 aromatic heterocycles. The van der Waals surface area contributed by atoms with Crippen LogP contribution in [0.3, 0.4) is 0 Å². The van der Waals surface area contributed by atoms with Crippen molar-refractivity contribution in [2.45, 2.75) is 25.1 Å². The molecule has 1 unspecified atom stereocenters. The molecule has 0 bridgehead atoms. The van der Waals surface area contributed by atoms with Crippen LogP contribution in [0.5, 0.6) is 0 Å². The van der Waals surface area contributed by atoms with Gasteiger partial charge in [-0.3, -0.25) is 4.68 Å². The molecule has 1 aliphatic heterocycles. The molecule has 8 heteroatoms. The number of hydrogen-bond acceptors (Lipinski definition) is 4. The quantitative estimate of drug-likeness (QED) is 0.679. The van der Waals surface area contributed by atoms with Gasteiger partial charge in [0.05, 0.1) is 23.2 Å². The molecule has 0 radical (unpaired) electrons. The van der Waals surface area contributed by atoms with Crippen molar-refractivity contribution in [1.29, 1.82) is 5.26 Å². The number of piperidine rings is 1. The summed E-state index contributed by atoms with van der Waals surface area (Å²) in [5.74, 6) is 0.778. The average Bonchev–Trinajstić information content (AvgIpc) is 3.18. The molecular weight excluding hydrogens is 355 g/mol. The molecule has 1 aliphatic rings. The van der Waals surface area contributed by atoms with Gasteiger partial charge >= 0.3 is 6.18 Å². The van der Waals surface area contributed by atoms with E-state index in [1.165, 1.54) is 10.9 Å². The van der Waals surface area contributed by atoms with Crippen LogP contribution in [0.4, 0.5) is 19.0 Å². The second kappa shape index (κ2) is 6.58. The summed E-state index contributed by atoms with van der Waals surface area (Å²) in [6.45, 7) is 1.34. The molecule has 5 nitrogen and oxygen atoms in total.